The van der Waals surface area contributed by atoms with E-state index >= 15 is 0 Å². The summed E-state index contributed by atoms with van der Waals surface area (Å²) in [6, 6.07) is 0.544. The molecule has 4 fully saturated rings. The number of nitrogens with zero attached hydrogens (tertiary/aromatic N) is 1. The van der Waals surface area contributed by atoms with Crippen LogP contribution in [0.4, 0.5) is 0 Å². The molecule has 0 unspecified atom stereocenters. The molecule has 1 aliphatic carbocycles. The highest BCUT2D eigenvalue weighted by Crippen LogP contribution is 2.42. The van der Waals surface area contributed by atoms with Crippen LogP contribution in [0.2, 0.25) is 0 Å². The monoisotopic (exact) mass is 152 g/mol. The minimum absolute atomic E-state index is 0.544. The summed E-state index contributed by atoms with van der Waals surface area (Å²) in [6.07, 6.45) is 2.85. The van der Waals surface area contributed by atoms with Gasteiger partial charge in [-0.3, -0.25) is 0 Å². The number of rotatable bonds is 0. The van der Waals surface area contributed by atoms with Crippen LogP contribution in [0.5, 0.6) is 0 Å². The Kier molecular flexibility index (Phi) is 1.16. The van der Waals surface area contributed by atoms with Crippen LogP contribution in [0.1, 0.15) is 12.8 Å². The first-order chi connectivity index (χ1) is 5.33. The summed E-state index contributed by atoms with van der Waals surface area (Å²) in [6.45, 7) is 3.97. The SMILES string of the molecule is NC1[C@H]2CC3C[C@H]1CN(C3)C2. The zero-order valence-electron chi connectivity index (χ0n) is 6.87. The average Bonchev–Trinajstić information content (AvgIpc) is 1.98. The Balaban J connectivity index is 1.91. The van der Waals surface area contributed by atoms with E-state index < -0.39 is 0 Å². The predicted molar refractivity (Wildman–Crippen MR) is 44.1 cm³/mol. The molecule has 0 aromatic heterocycles. The smallest absolute Gasteiger partial charge is 0.0120 e. The lowest BCUT2D eigenvalue weighted by Gasteiger charge is -2.54. The van der Waals surface area contributed by atoms with Crippen LogP contribution < -0.4 is 5.73 Å². The first kappa shape index (κ1) is 6.44. The molecular formula is C9H16N2. The average molecular weight is 152 g/mol. The van der Waals surface area contributed by atoms with Crippen molar-refractivity contribution in [2.75, 3.05) is 19.6 Å². The van der Waals surface area contributed by atoms with E-state index in [0.29, 0.717) is 6.04 Å². The van der Waals surface area contributed by atoms with Crippen molar-refractivity contribution in [3.05, 3.63) is 0 Å². The molecular weight excluding hydrogens is 136 g/mol. The molecule has 2 heteroatoms. The highest BCUT2D eigenvalue weighted by Gasteiger charge is 2.45. The van der Waals surface area contributed by atoms with E-state index in [9.17, 15) is 0 Å². The molecule has 11 heavy (non-hydrogen) atoms. The molecule has 0 aromatic rings. The van der Waals surface area contributed by atoms with Gasteiger partial charge in [0, 0.05) is 25.7 Å². The van der Waals surface area contributed by atoms with Gasteiger partial charge in [0.2, 0.25) is 0 Å². The van der Waals surface area contributed by atoms with E-state index in [0.717, 1.165) is 17.8 Å². The Morgan fingerprint density at radius 3 is 2.18 bits per heavy atom. The van der Waals surface area contributed by atoms with Gasteiger partial charge < -0.3 is 10.6 Å². The highest BCUT2D eigenvalue weighted by molar-refractivity contribution is 5.00. The van der Waals surface area contributed by atoms with Crippen molar-refractivity contribution in [1.82, 2.24) is 4.90 Å². The van der Waals surface area contributed by atoms with Crippen LogP contribution in [0, 0.1) is 17.8 Å². The lowest BCUT2D eigenvalue weighted by atomic mass is 9.65. The van der Waals surface area contributed by atoms with Crippen LogP contribution in [-0.4, -0.2) is 30.6 Å². The number of hydrogen-bond donors (Lipinski definition) is 1. The normalized spacial score (nSPS) is 60.3. The minimum Gasteiger partial charge on any atom is -0.327 e. The van der Waals surface area contributed by atoms with Gasteiger partial charge in [0.1, 0.15) is 0 Å². The second-order valence-electron chi connectivity index (χ2n) is 4.65. The van der Waals surface area contributed by atoms with E-state index in [2.05, 4.69) is 4.90 Å². The van der Waals surface area contributed by atoms with Gasteiger partial charge in [-0.2, -0.15) is 0 Å². The zero-order chi connectivity index (χ0) is 7.42. The predicted octanol–water partition coefficient (Wildman–Crippen LogP) is 0.285. The maximum Gasteiger partial charge on any atom is 0.0120 e. The molecule has 1 saturated carbocycles. The van der Waals surface area contributed by atoms with Crippen molar-refractivity contribution in [1.29, 1.82) is 0 Å². The highest BCUT2D eigenvalue weighted by atomic mass is 15.2. The fourth-order valence-corrected chi connectivity index (χ4v) is 3.45. The fraction of sp³-hybridized carbons (Fsp3) is 1.00. The summed E-state index contributed by atoms with van der Waals surface area (Å²) in [5.41, 5.74) is 6.14. The maximum atomic E-state index is 6.14. The van der Waals surface area contributed by atoms with Crippen LogP contribution in [0.15, 0.2) is 0 Å². The van der Waals surface area contributed by atoms with Gasteiger partial charge in [0.15, 0.2) is 0 Å². The molecule has 0 aromatic carbocycles. The van der Waals surface area contributed by atoms with E-state index in [4.69, 9.17) is 5.73 Å². The third kappa shape index (κ3) is 0.798. The Morgan fingerprint density at radius 1 is 1.00 bits per heavy atom. The summed E-state index contributed by atoms with van der Waals surface area (Å²) in [5.74, 6) is 2.70. The summed E-state index contributed by atoms with van der Waals surface area (Å²) in [4.78, 5) is 2.62. The summed E-state index contributed by atoms with van der Waals surface area (Å²) < 4.78 is 0. The van der Waals surface area contributed by atoms with Gasteiger partial charge in [0.25, 0.3) is 0 Å². The van der Waals surface area contributed by atoms with E-state index in [1.54, 1.807) is 0 Å². The number of piperidine rings is 3. The first-order valence-corrected chi connectivity index (χ1v) is 4.81. The van der Waals surface area contributed by atoms with Crippen molar-refractivity contribution >= 4 is 0 Å². The van der Waals surface area contributed by atoms with E-state index in [1.165, 1.54) is 32.5 Å². The molecule has 62 valence electrons. The van der Waals surface area contributed by atoms with Gasteiger partial charge in [-0.15, -0.1) is 0 Å². The van der Waals surface area contributed by atoms with Gasteiger partial charge in [-0.1, -0.05) is 0 Å². The van der Waals surface area contributed by atoms with Crippen LogP contribution in [0.3, 0.4) is 0 Å². The fourth-order valence-electron chi connectivity index (χ4n) is 3.45. The lowest BCUT2D eigenvalue weighted by Crippen LogP contribution is -2.62. The molecule has 0 spiro atoms. The first-order valence-electron chi connectivity index (χ1n) is 4.81. The largest absolute Gasteiger partial charge is 0.327 e. The van der Waals surface area contributed by atoms with Crippen LogP contribution >= 0.6 is 0 Å². The standard InChI is InChI=1S/C9H16N2/c10-9-7-1-6-2-8(9)5-11(3-6)4-7/h6-9H,1-5,10H2/t6?,7-,8-,9?/m0/s1. The molecule has 3 saturated heterocycles. The number of nitrogens with two attached hydrogens (primary N) is 1. The minimum atomic E-state index is 0.544. The summed E-state index contributed by atoms with van der Waals surface area (Å²) in [5, 5.41) is 0. The topological polar surface area (TPSA) is 29.3 Å². The second kappa shape index (κ2) is 1.99. The molecule has 2 nitrogen and oxygen atoms in total. The van der Waals surface area contributed by atoms with Crippen molar-refractivity contribution in [3.8, 4) is 0 Å². The second-order valence-corrected chi connectivity index (χ2v) is 4.65. The summed E-state index contributed by atoms with van der Waals surface area (Å²) >= 11 is 0. The Labute approximate surface area is 67.7 Å². The van der Waals surface area contributed by atoms with Gasteiger partial charge in [-0.05, 0) is 30.6 Å². The molecule has 4 aliphatic rings. The van der Waals surface area contributed by atoms with Gasteiger partial charge in [0.05, 0.1) is 0 Å². The maximum absolute atomic E-state index is 6.14. The lowest BCUT2D eigenvalue weighted by molar-refractivity contribution is -0.0328. The molecule has 3 aliphatic heterocycles. The van der Waals surface area contributed by atoms with Crippen molar-refractivity contribution in [2.45, 2.75) is 18.9 Å². The Morgan fingerprint density at radius 2 is 1.64 bits per heavy atom. The summed E-state index contributed by atoms with van der Waals surface area (Å²) in [7, 11) is 0. The molecule has 0 radical (unpaired) electrons. The van der Waals surface area contributed by atoms with Crippen molar-refractivity contribution in [2.24, 2.45) is 23.5 Å². The quantitative estimate of drug-likeness (QED) is 0.540. The van der Waals surface area contributed by atoms with Crippen LogP contribution in [-0.2, 0) is 0 Å². The molecule has 4 rings (SSSR count). The number of hydrogen-bond acceptors (Lipinski definition) is 2. The van der Waals surface area contributed by atoms with E-state index in [-0.39, 0.29) is 0 Å². The third-order valence-corrected chi connectivity index (χ3v) is 3.86. The molecule has 4 bridgehead atoms. The molecule has 2 N–H and O–H groups in total. The van der Waals surface area contributed by atoms with Gasteiger partial charge in [-0.25, -0.2) is 0 Å². The Bertz CT molecular complexity index is 150. The van der Waals surface area contributed by atoms with Crippen LogP contribution in [0.25, 0.3) is 0 Å². The van der Waals surface area contributed by atoms with Crippen molar-refractivity contribution < 1.29 is 0 Å². The molecule has 2 atom stereocenters. The molecule has 3 heterocycles. The van der Waals surface area contributed by atoms with E-state index in [1.807, 2.05) is 0 Å². The zero-order valence-corrected chi connectivity index (χ0v) is 6.87. The van der Waals surface area contributed by atoms with Crippen molar-refractivity contribution in [3.63, 3.8) is 0 Å². The third-order valence-electron chi connectivity index (χ3n) is 3.86. The van der Waals surface area contributed by atoms with Gasteiger partial charge >= 0.3 is 0 Å². The molecule has 0 amide bonds. The Hall–Kier alpha value is -0.0800.